The van der Waals surface area contributed by atoms with Crippen molar-refractivity contribution in [1.82, 2.24) is 9.97 Å². The van der Waals surface area contributed by atoms with Gasteiger partial charge < -0.3 is 9.72 Å². The lowest BCUT2D eigenvalue weighted by molar-refractivity contribution is -0.168. The Morgan fingerprint density at radius 2 is 2.00 bits per heavy atom. The van der Waals surface area contributed by atoms with Gasteiger partial charge in [-0.15, -0.1) is 0 Å². The topological polar surface area (TPSA) is 37.9 Å². The van der Waals surface area contributed by atoms with Gasteiger partial charge in [-0.2, -0.15) is 8.78 Å². The zero-order valence-corrected chi connectivity index (χ0v) is 11.4. The first-order chi connectivity index (χ1) is 9.40. The van der Waals surface area contributed by atoms with Crippen LogP contribution in [-0.2, 0) is 24.2 Å². The Bertz CT molecular complexity index is 533. The fourth-order valence-corrected chi connectivity index (χ4v) is 2.42. The molecule has 2 rings (SSSR count). The second-order valence-electron chi connectivity index (χ2n) is 4.71. The lowest BCUT2D eigenvalue weighted by atomic mass is 9.97. The molecule has 1 aromatic rings. The zero-order chi connectivity index (χ0) is 14.8. The van der Waals surface area contributed by atoms with E-state index in [2.05, 4.69) is 14.7 Å². The van der Waals surface area contributed by atoms with E-state index in [4.69, 9.17) is 12.2 Å². The predicted octanol–water partition coefficient (Wildman–Crippen LogP) is 3.43. The van der Waals surface area contributed by atoms with Gasteiger partial charge in [0.2, 0.25) is 0 Å². The number of hydrogen-bond donors (Lipinski definition) is 1. The third-order valence-electron chi connectivity index (χ3n) is 3.11. The summed E-state index contributed by atoms with van der Waals surface area (Å²) in [4.78, 5) is 7.04. The van der Waals surface area contributed by atoms with Crippen molar-refractivity contribution < 1.29 is 22.3 Å². The molecule has 3 nitrogen and oxygen atoms in total. The van der Waals surface area contributed by atoms with Crippen LogP contribution < -0.4 is 0 Å². The third kappa shape index (κ3) is 3.54. The Morgan fingerprint density at radius 3 is 2.70 bits per heavy atom. The predicted molar refractivity (Wildman–Crippen MR) is 66.7 cm³/mol. The fraction of sp³-hybridized carbons (Fsp3) is 0.667. The summed E-state index contributed by atoms with van der Waals surface area (Å²) in [5.41, 5.74) is 1.92. The molecule has 0 saturated carbocycles. The highest BCUT2D eigenvalue weighted by Crippen LogP contribution is 2.23. The summed E-state index contributed by atoms with van der Waals surface area (Å²) in [6.45, 7) is -1.64. The SMILES string of the molecule is FC(F)C(F)(F)COCc1nc(=S)c2c([nH]1)CCCC2. The van der Waals surface area contributed by atoms with Crippen LogP contribution in [0.25, 0.3) is 0 Å². The highest BCUT2D eigenvalue weighted by Gasteiger charge is 2.41. The van der Waals surface area contributed by atoms with Crippen molar-refractivity contribution in [2.75, 3.05) is 6.61 Å². The van der Waals surface area contributed by atoms with Crippen LogP contribution in [0.4, 0.5) is 17.6 Å². The highest BCUT2D eigenvalue weighted by atomic mass is 32.1. The molecule has 8 heteroatoms. The summed E-state index contributed by atoms with van der Waals surface area (Å²) < 4.78 is 54.3. The number of ether oxygens (including phenoxy) is 1. The monoisotopic (exact) mass is 310 g/mol. The number of aromatic amines is 1. The molecule has 0 unspecified atom stereocenters. The Labute approximate surface area is 118 Å². The Kier molecular flexibility index (Phi) is 4.74. The number of rotatable bonds is 5. The van der Waals surface area contributed by atoms with Crippen molar-refractivity contribution >= 4 is 12.2 Å². The molecule has 0 atom stereocenters. The molecule has 0 fully saturated rings. The quantitative estimate of drug-likeness (QED) is 0.669. The van der Waals surface area contributed by atoms with Crippen LogP contribution in [0.5, 0.6) is 0 Å². The van der Waals surface area contributed by atoms with Gasteiger partial charge in [-0.05, 0) is 25.7 Å². The second-order valence-corrected chi connectivity index (χ2v) is 5.09. The van der Waals surface area contributed by atoms with Crippen molar-refractivity contribution in [2.24, 2.45) is 0 Å². The molecule has 0 radical (unpaired) electrons. The number of nitrogens with zero attached hydrogens (tertiary/aromatic N) is 1. The Morgan fingerprint density at radius 1 is 1.30 bits per heavy atom. The van der Waals surface area contributed by atoms with E-state index >= 15 is 0 Å². The first-order valence-corrected chi connectivity index (χ1v) is 6.65. The molecule has 0 spiro atoms. The number of nitrogens with one attached hydrogen (secondary N) is 1. The van der Waals surface area contributed by atoms with E-state index in [1.807, 2.05) is 0 Å². The van der Waals surface area contributed by atoms with Gasteiger partial charge in [-0.1, -0.05) is 12.2 Å². The molecular formula is C12H14F4N2OS. The van der Waals surface area contributed by atoms with Crippen molar-refractivity contribution in [3.8, 4) is 0 Å². The fourth-order valence-electron chi connectivity index (χ4n) is 2.09. The molecule has 1 N–H and O–H groups in total. The van der Waals surface area contributed by atoms with Crippen LogP contribution in [-0.4, -0.2) is 28.9 Å². The van der Waals surface area contributed by atoms with Crippen LogP contribution in [0, 0.1) is 4.64 Å². The molecule has 1 aromatic heterocycles. The highest BCUT2D eigenvalue weighted by molar-refractivity contribution is 7.71. The summed E-state index contributed by atoms with van der Waals surface area (Å²) in [7, 11) is 0. The zero-order valence-electron chi connectivity index (χ0n) is 10.6. The van der Waals surface area contributed by atoms with Crippen molar-refractivity contribution in [3.05, 3.63) is 21.7 Å². The molecule has 1 heterocycles. The summed E-state index contributed by atoms with van der Waals surface area (Å²) in [6.07, 6.45) is -0.00372. The summed E-state index contributed by atoms with van der Waals surface area (Å²) in [6, 6.07) is 0. The van der Waals surface area contributed by atoms with E-state index < -0.39 is 19.0 Å². The van der Waals surface area contributed by atoms with E-state index in [1.54, 1.807) is 0 Å². The molecule has 0 amide bonds. The average Bonchev–Trinajstić information content (AvgIpc) is 2.38. The largest absolute Gasteiger partial charge is 0.367 e. The van der Waals surface area contributed by atoms with Crippen LogP contribution in [0.15, 0.2) is 0 Å². The van der Waals surface area contributed by atoms with Gasteiger partial charge in [-0.25, -0.2) is 13.8 Å². The van der Waals surface area contributed by atoms with Gasteiger partial charge in [-0.3, -0.25) is 0 Å². The average molecular weight is 310 g/mol. The maximum atomic E-state index is 12.7. The smallest absolute Gasteiger partial charge is 0.330 e. The number of aryl methyl sites for hydroxylation is 1. The van der Waals surface area contributed by atoms with Gasteiger partial charge >= 0.3 is 12.3 Å². The molecule has 1 aliphatic carbocycles. The molecule has 0 aliphatic heterocycles. The van der Waals surface area contributed by atoms with Crippen molar-refractivity contribution in [2.45, 2.75) is 44.6 Å². The maximum Gasteiger partial charge on any atom is 0.330 e. The van der Waals surface area contributed by atoms with E-state index in [0.717, 1.165) is 36.9 Å². The normalized spacial score (nSPS) is 15.4. The van der Waals surface area contributed by atoms with Crippen molar-refractivity contribution in [3.63, 3.8) is 0 Å². The molecule has 0 saturated heterocycles. The molecule has 0 bridgehead atoms. The maximum absolute atomic E-state index is 12.7. The second kappa shape index (κ2) is 6.17. The lowest BCUT2D eigenvalue weighted by Gasteiger charge is -2.17. The number of fused-ring (bicyclic) bond motifs is 1. The van der Waals surface area contributed by atoms with E-state index in [9.17, 15) is 17.6 Å². The van der Waals surface area contributed by atoms with E-state index in [0.29, 0.717) is 10.5 Å². The molecule has 1 aliphatic rings. The summed E-state index contributed by atoms with van der Waals surface area (Å²) >= 11 is 5.14. The first kappa shape index (κ1) is 15.4. The minimum atomic E-state index is -4.15. The summed E-state index contributed by atoms with van der Waals surface area (Å²) in [5.74, 6) is -3.86. The van der Waals surface area contributed by atoms with Crippen molar-refractivity contribution in [1.29, 1.82) is 0 Å². The Hall–Kier alpha value is -1.02. The lowest BCUT2D eigenvalue weighted by Crippen LogP contribution is -2.32. The molecule has 112 valence electrons. The number of H-pyrrole nitrogens is 1. The molecule has 0 aromatic carbocycles. The standard InChI is InChI=1S/C12H14F4N2OS/c13-11(14)12(15,16)6-19-5-9-17-8-4-2-1-3-7(8)10(20)18-9/h11H,1-6H2,(H,17,18,20). The van der Waals surface area contributed by atoms with Crippen LogP contribution in [0.3, 0.4) is 0 Å². The third-order valence-corrected chi connectivity index (χ3v) is 3.45. The van der Waals surface area contributed by atoms with Gasteiger partial charge in [0.15, 0.2) is 0 Å². The Balaban J connectivity index is 2.01. The first-order valence-electron chi connectivity index (χ1n) is 6.25. The van der Waals surface area contributed by atoms with Gasteiger partial charge in [0.25, 0.3) is 0 Å². The minimum Gasteiger partial charge on any atom is -0.367 e. The van der Waals surface area contributed by atoms with E-state index in [1.165, 1.54) is 0 Å². The minimum absolute atomic E-state index is 0.292. The number of aromatic nitrogens is 2. The van der Waals surface area contributed by atoms with Gasteiger partial charge in [0, 0.05) is 11.3 Å². The van der Waals surface area contributed by atoms with Gasteiger partial charge in [0.1, 0.15) is 23.7 Å². The molecule has 20 heavy (non-hydrogen) atoms. The number of hydrogen-bond acceptors (Lipinski definition) is 3. The van der Waals surface area contributed by atoms with Crippen LogP contribution in [0.2, 0.25) is 0 Å². The van der Waals surface area contributed by atoms with E-state index in [-0.39, 0.29) is 6.61 Å². The van der Waals surface area contributed by atoms with Crippen LogP contribution in [0.1, 0.15) is 29.9 Å². The number of alkyl halides is 4. The van der Waals surface area contributed by atoms with Gasteiger partial charge in [0.05, 0.1) is 0 Å². The number of halogens is 4. The van der Waals surface area contributed by atoms with Crippen LogP contribution >= 0.6 is 12.2 Å². The molecular weight excluding hydrogens is 296 g/mol. The summed E-state index contributed by atoms with van der Waals surface area (Å²) in [5, 5.41) is 0.